The number of pyridine rings is 1. The minimum atomic E-state index is 0.679. The molecule has 0 unspecified atom stereocenters. The lowest BCUT2D eigenvalue weighted by atomic mass is 9.97. The molecule has 0 amide bonds. The lowest BCUT2D eigenvalue weighted by Crippen LogP contribution is -2.02. The van der Waals surface area contributed by atoms with E-state index in [9.17, 15) is 0 Å². The first-order valence-corrected chi connectivity index (χ1v) is 18.9. The van der Waals surface area contributed by atoms with Gasteiger partial charge in [-0.25, -0.2) is 14.5 Å². The summed E-state index contributed by atoms with van der Waals surface area (Å²) in [5, 5.41) is 10.1. The van der Waals surface area contributed by atoms with Crippen LogP contribution in [-0.4, -0.2) is 24.1 Å². The van der Waals surface area contributed by atoms with Crippen molar-refractivity contribution in [2.45, 2.75) is 0 Å². The molecule has 262 valence electrons. The van der Waals surface area contributed by atoms with Gasteiger partial charge in [-0.15, -0.1) is 0 Å². The molecular weight excluding hydrogens is 683 g/mol. The Morgan fingerprint density at radius 3 is 1.59 bits per heavy atom. The third-order valence-electron chi connectivity index (χ3n) is 10.8. The van der Waals surface area contributed by atoms with E-state index in [1.54, 1.807) is 0 Å². The highest BCUT2D eigenvalue weighted by Gasteiger charge is 2.22. The average Bonchev–Trinajstić information content (AvgIpc) is 3.85. The van der Waals surface area contributed by atoms with Crippen LogP contribution < -0.4 is 0 Å². The summed E-state index contributed by atoms with van der Waals surface area (Å²) in [6.07, 6.45) is 0. The van der Waals surface area contributed by atoms with Crippen molar-refractivity contribution < 1.29 is 0 Å². The Morgan fingerprint density at radius 1 is 0.393 bits per heavy atom. The Morgan fingerprint density at radius 2 is 0.929 bits per heavy atom. The molecule has 0 radical (unpaired) electrons. The molecule has 4 aromatic heterocycles. The normalized spacial score (nSPS) is 11.6. The second-order valence-electron chi connectivity index (χ2n) is 14.1. The molecule has 11 aromatic rings. The summed E-state index contributed by atoms with van der Waals surface area (Å²) in [7, 11) is 0. The van der Waals surface area contributed by atoms with Crippen molar-refractivity contribution in [1.29, 1.82) is 0 Å². The summed E-state index contributed by atoms with van der Waals surface area (Å²) in [5.74, 6) is 1.50. The Bertz CT molecular complexity index is 3170. The van der Waals surface area contributed by atoms with Crippen molar-refractivity contribution in [1.82, 2.24) is 24.1 Å². The fourth-order valence-corrected chi connectivity index (χ4v) is 8.16. The second kappa shape index (κ2) is 13.0. The first-order chi connectivity index (χ1) is 27.8. The molecule has 5 heteroatoms. The van der Waals surface area contributed by atoms with Crippen LogP contribution in [0.5, 0.6) is 0 Å². The number of hydrogen-bond acceptors (Lipinski definition) is 3. The van der Waals surface area contributed by atoms with E-state index in [0.29, 0.717) is 5.82 Å². The molecule has 7 aromatic carbocycles. The Labute approximate surface area is 323 Å². The molecule has 0 N–H and O–H groups in total. The summed E-state index contributed by atoms with van der Waals surface area (Å²) in [6, 6.07) is 70.1. The molecule has 4 heterocycles. The molecule has 0 saturated heterocycles. The molecule has 0 fully saturated rings. The lowest BCUT2D eigenvalue weighted by molar-refractivity contribution is 0.979. The maximum Gasteiger partial charge on any atom is 0.162 e. The van der Waals surface area contributed by atoms with Gasteiger partial charge in [0.25, 0.3) is 0 Å². The summed E-state index contributed by atoms with van der Waals surface area (Å²) in [6.45, 7) is 0. The highest BCUT2D eigenvalue weighted by atomic mass is 15.2. The van der Waals surface area contributed by atoms with Gasteiger partial charge in [0.2, 0.25) is 0 Å². The Balaban J connectivity index is 1.11. The third-order valence-corrected chi connectivity index (χ3v) is 10.8. The molecular formula is C51H33N5. The molecule has 0 aliphatic carbocycles. The van der Waals surface area contributed by atoms with Crippen LogP contribution in [0, 0.1) is 0 Å². The summed E-state index contributed by atoms with van der Waals surface area (Å²) < 4.78 is 4.40. The first-order valence-electron chi connectivity index (χ1n) is 18.9. The van der Waals surface area contributed by atoms with Crippen molar-refractivity contribution in [3.8, 4) is 62.1 Å². The van der Waals surface area contributed by atoms with Crippen LogP contribution in [0.1, 0.15) is 0 Å². The minimum absolute atomic E-state index is 0.679. The molecule has 0 atom stereocenters. The molecule has 11 rings (SSSR count). The Kier molecular flexibility index (Phi) is 7.42. The number of rotatable bonds is 6. The first kappa shape index (κ1) is 31.9. The van der Waals surface area contributed by atoms with E-state index in [1.165, 1.54) is 10.8 Å². The van der Waals surface area contributed by atoms with Gasteiger partial charge < -0.3 is 0 Å². The monoisotopic (exact) mass is 715 g/mol. The SMILES string of the molecule is c1ccc(-c2nc(-c3ccc(-c4cc5ccccc5c5c(-c6ccccc6)c(-c6ccccc6)nn45)cc3)cc(-n3c4ccccc4c4ccccc43)n2)cc1. The number of para-hydroxylation sites is 2. The van der Waals surface area contributed by atoms with E-state index in [-0.39, 0.29) is 0 Å². The zero-order chi connectivity index (χ0) is 37.0. The second-order valence-corrected chi connectivity index (χ2v) is 14.1. The summed E-state index contributed by atoms with van der Waals surface area (Å²) in [4.78, 5) is 10.4. The zero-order valence-corrected chi connectivity index (χ0v) is 30.3. The van der Waals surface area contributed by atoms with Gasteiger partial charge in [-0.1, -0.05) is 176 Å². The number of hydrogen-bond donors (Lipinski definition) is 0. The predicted molar refractivity (Wildman–Crippen MR) is 230 cm³/mol. The molecule has 0 bridgehead atoms. The van der Waals surface area contributed by atoms with E-state index >= 15 is 0 Å². The highest BCUT2D eigenvalue weighted by Crippen LogP contribution is 2.41. The molecule has 56 heavy (non-hydrogen) atoms. The van der Waals surface area contributed by atoms with Crippen LogP contribution in [0.25, 0.3) is 100 Å². The van der Waals surface area contributed by atoms with Gasteiger partial charge in [-0.3, -0.25) is 4.57 Å². The largest absolute Gasteiger partial charge is 0.294 e. The van der Waals surface area contributed by atoms with Crippen molar-refractivity contribution in [2.75, 3.05) is 0 Å². The zero-order valence-electron chi connectivity index (χ0n) is 30.3. The van der Waals surface area contributed by atoms with Crippen molar-refractivity contribution in [3.63, 3.8) is 0 Å². The van der Waals surface area contributed by atoms with E-state index in [0.717, 1.165) is 83.6 Å². The quantitative estimate of drug-likeness (QED) is 0.172. The highest BCUT2D eigenvalue weighted by molar-refractivity contribution is 6.10. The lowest BCUT2D eigenvalue weighted by Gasteiger charge is -2.13. The standard InChI is InChI=1S/C51H33N5/c1-4-16-36(17-5-1)48-49(37-18-6-2-7-19-37)54-56-46(32-39-22-10-11-23-40(39)50(48)56)35-30-28-34(29-31-35)43-33-47(53-51(52-43)38-20-8-3-9-21-38)55-44-26-14-12-24-41(44)42-25-13-15-27-45(42)55/h1-33H. The van der Waals surface area contributed by atoms with Crippen LogP contribution in [0.15, 0.2) is 200 Å². The maximum atomic E-state index is 5.39. The smallest absolute Gasteiger partial charge is 0.162 e. The molecule has 0 aliphatic heterocycles. The van der Waals surface area contributed by atoms with Gasteiger partial charge >= 0.3 is 0 Å². The Hall–Kier alpha value is -7.63. The topological polar surface area (TPSA) is 48.0 Å². The summed E-state index contributed by atoms with van der Waals surface area (Å²) >= 11 is 0. The van der Waals surface area contributed by atoms with E-state index in [4.69, 9.17) is 15.1 Å². The van der Waals surface area contributed by atoms with Crippen LogP contribution >= 0.6 is 0 Å². The fraction of sp³-hybridized carbons (Fsp3) is 0. The predicted octanol–water partition coefficient (Wildman–Crippen LogP) is 12.7. The van der Waals surface area contributed by atoms with Crippen molar-refractivity contribution >= 4 is 38.1 Å². The van der Waals surface area contributed by atoms with E-state index in [2.05, 4.69) is 191 Å². The van der Waals surface area contributed by atoms with Gasteiger partial charge in [0, 0.05) is 50.0 Å². The number of nitrogens with zero attached hydrogens (tertiary/aromatic N) is 5. The van der Waals surface area contributed by atoms with Gasteiger partial charge in [0.15, 0.2) is 5.82 Å². The van der Waals surface area contributed by atoms with E-state index < -0.39 is 0 Å². The average molecular weight is 716 g/mol. The molecule has 0 aliphatic rings. The van der Waals surface area contributed by atoms with Crippen LogP contribution in [0.3, 0.4) is 0 Å². The van der Waals surface area contributed by atoms with Gasteiger partial charge in [-0.2, -0.15) is 5.10 Å². The number of aromatic nitrogens is 5. The molecule has 5 nitrogen and oxygen atoms in total. The van der Waals surface area contributed by atoms with Gasteiger partial charge in [0.1, 0.15) is 11.5 Å². The van der Waals surface area contributed by atoms with Gasteiger partial charge in [-0.05, 0) is 29.1 Å². The van der Waals surface area contributed by atoms with Crippen molar-refractivity contribution in [2.24, 2.45) is 0 Å². The van der Waals surface area contributed by atoms with Crippen LogP contribution in [0.4, 0.5) is 0 Å². The third kappa shape index (κ3) is 5.21. The number of benzene rings is 7. The van der Waals surface area contributed by atoms with E-state index in [1.807, 2.05) is 18.2 Å². The van der Waals surface area contributed by atoms with Crippen LogP contribution in [-0.2, 0) is 0 Å². The maximum absolute atomic E-state index is 5.39. The van der Waals surface area contributed by atoms with Crippen LogP contribution in [0.2, 0.25) is 0 Å². The minimum Gasteiger partial charge on any atom is -0.294 e. The van der Waals surface area contributed by atoms with Gasteiger partial charge in [0.05, 0.1) is 27.9 Å². The fourth-order valence-electron chi connectivity index (χ4n) is 8.16. The summed E-state index contributed by atoms with van der Waals surface area (Å²) in [5.41, 5.74) is 12.5. The molecule has 0 spiro atoms. The molecule has 0 saturated carbocycles. The number of fused-ring (bicyclic) bond motifs is 6. The van der Waals surface area contributed by atoms with Crippen molar-refractivity contribution in [3.05, 3.63) is 200 Å².